The Morgan fingerprint density at radius 1 is 1.02 bits per heavy atom. The quantitative estimate of drug-likeness (QED) is 0.137. The second-order valence-electron chi connectivity index (χ2n) is 9.38. The molecule has 0 heterocycles. The van der Waals surface area contributed by atoms with Crippen LogP contribution < -0.4 is 5.73 Å². The first kappa shape index (κ1) is 42.5. The number of rotatable bonds is 13. The Morgan fingerprint density at radius 2 is 1.56 bits per heavy atom. The summed E-state index contributed by atoms with van der Waals surface area (Å²) in [6.45, 7) is 30.6. The average Bonchev–Trinajstić information content (AvgIpc) is 3.35. The number of ketones is 2. The smallest absolute Gasteiger partial charge is 0.354 e. The lowest BCUT2D eigenvalue weighted by molar-refractivity contribution is -0.138. The van der Waals surface area contributed by atoms with Gasteiger partial charge >= 0.3 is 5.97 Å². The largest absolute Gasteiger partial charge is 0.461 e. The van der Waals surface area contributed by atoms with E-state index >= 15 is 0 Å². The van der Waals surface area contributed by atoms with E-state index < -0.39 is 5.97 Å². The van der Waals surface area contributed by atoms with Crippen molar-refractivity contribution in [3.05, 3.63) is 46.8 Å². The van der Waals surface area contributed by atoms with Crippen LogP contribution in [-0.2, 0) is 19.1 Å². The molecule has 1 unspecified atom stereocenters. The molecule has 1 rings (SSSR count). The number of ether oxygens (including phenoxy) is 1. The van der Waals surface area contributed by atoms with E-state index in [0.717, 1.165) is 19.5 Å². The number of esters is 1. The van der Waals surface area contributed by atoms with Crippen LogP contribution in [0.2, 0.25) is 0 Å². The highest BCUT2D eigenvalue weighted by molar-refractivity contribution is 6.49. The molecule has 7 heteroatoms. The van der Waals surface area contributed by atoms with E-state index in [2.05, 4.69) is 57.2 Å². The van der Waals surface area contributed by atoms with Gasteiger partial charge in [0.2, 0.25) is 0 Å². The van der Waals surface area contributed by atoms with Gasteiger partial charge in [0.25, 0.3) is 0 Å². The van der Waals surface area contributed by atoms with Crippen LogP contribution in [0.1, 0.15) is 115 Å². The predicted octanol–water partition coefficient (Wildman–Crippen LogP) is 7.77. The summed E-state index contributed by atoms with van der Waals surface area (Å²) in [5, 5.41) is 0. The fourth-order valence-corrected chi connectivity index (χ4v) is 3.69. The Hall–Kier alpha value is -2.96. The molecule has 7 nitrogen and oxygen atoms in total. The fraction of sp³-hybridized carbons (Fsp3) is 0.647. The first-order valence-corrected chi connectivity index (χ1v) is 15.5. The van der Waals surface area contributed by atoms with Crippen LogP contribution in [0.15, 0.2) is 51.8 Å². The molecule has 1 aliphatic carbocycles. The van der Waals surface area contributed by atoms with Crippen molar-refractivity contribution < 1.29 is 19.1 Å². The highest BCUT2D eigenvalue weighted by atomic mass is 16.5. The van der Waals surface area contributed by atoms with E-state index in [1.54, 1.807) is 6.92 Å². The Kier molecular flexibility index (Phi) is 26.9. The van der Waals surface area contributed by atoms with E-state index in [9.17, 15) is 14.4 Å². The number of carbonyl (C=O) groups excluding carboxylic acids is 3. The van der Waals surface area contributed by atoms with Crippen molar-refractivity contribution >= 4 is 23.2 Å². The van der Waals surface area contributed by atoms with Crippen molar-refractivity contribution in [2.45, 2.75) is 115 Å². The maximum absolute atomic E-state index is 11.8. The molecule has 41 heavy (non-hydrogen) atoms. The van der Waals surface area contributed by atoms with Crippen molar-refractivity contribution in [1.29, 1.82) is 0 Å². The summed E-state index contributed by atoms with van der Waals surface area (Å²) in [6.07, 6.45) is 7.74. The molecule has 0 bridgehead atoms. The molecule has 0 amide bonds. The van der Waals surface area contributed by atoms with Gasteiger partial charge in [-0.05, 0) is 65.0 Å². The summed E-state index contributed by atoms with van der Waals surface area (Å²) in [7, 11) is 0. The molecule has 0 aromatic heterocycles. The number of nitrogens with two attached hydrogens (primary N) is 1. The molecular weight excluding hydrogens is 514 g/mol. The van der Waals surface area contributed by atoms with E-state index in [1.165, 1.54) is 29.7 Å². The van der Waals surface area contributed by atoms with Gasteiger partial charge in [0.15, 0.2) is 11.6 Å². The highest BCUT2D eigenvalue weighted by Gasteiger charge is 2.29. The molecule has 1 aliphatic rings. The molecule has 0 spiro atoms. The third-order valence-corrected chi connectivity index (χ3v) is 6.27. The molecule has 0 aromatic rings. The van der Waals surface area contributed by atoms with Gasteiger partial charge in [-0.25, -0.2) is 4.79 Å². The summed E-state index contributed by atoms with van der Waals surface area (Å²) in [6, 6.07) is 0. The monoisotopic (exact) mass is 575 g/mol. The Bertz CT molecular complexity index is 916. The molecule has 236 valence electrons. The molecule has 0 aromatic carbocycles. The number of allylic oxidation sites excluding steroid dienone is 5. The summed E-state index contributed by atoms with van der Waals surface area (Å²) >= 11 is 0. The Labute approximate surface area is 252 Å². The first-order chi connectivity index (χ1) is 19.5. The molecule has 0 radical (unpaired) electrons. The number of hydrogen-bond donors (Lipinski definition) is 1. The van der Waals surface area contributed by atoms with Crippen LogP contribution in [0.25, 0.3) is 0 Å². The predicted molar refractivity (Wildman–Crippen MR) is 176 cm³/mol. The van der Waals surface area contributed by atoms with Crippen molar-refractivity contribution in [1.82, 2.24) is 4.90 Å². The fourth-order valence-electron chi connectivity index (χ4n) is 3.69. The molecule has 0 aliphatic heterocycles. The van der Waals surface area contributed by atoms with E-state index in [0.29, 0.717) is 12.0 Å². The number of hydrogen-bond acceptors (Lipinski definition) is 7. The summed E-state index contributed by atoms with van der Waals surface area (Å²) < 4.78 is 4.83. The van der Waals surface area contributed by atoms with Gasteiger partial charge in [0.05, 0.1) is 13.2 Å². The third-order valence-electron chi connectivity index (χ3n) is 6.27. The van der Waals surface area contributed by atoms with Crippen molar-refractivity contribution in [2.24, 2.45) is 16.6 Å². The highest BCUT2D eigenvalue weighted by Crippen LogP contribution is 2.22. The molecule has 2 N–H and O–H groups in total. The van der Waals surface area contributed by atoms with Gasteiger partial charge in [-0.3, -0.25) is 14.6 Å². The number of aliphatic imine (C=N–C) groups is 1. The number of Topliss-reactive ketones (excluding diaryl/α,β-unsaturated/α-hetero) is 2. The van der Waals surface area contributed by atoms with Gasteiger partial charge in [0, 0.05) is 36.7 Å². The Morgan fingerprint density at radius 3 is 1.98 bits per heavy atom. The minimum absolute atomic E-state index is 0.0289. The van der Waals surface area contributed by atoms with Gasteiger partial charge in [-0.2, -0.15) is 0 Å². The van der Waals surface area contributed by atoms with E-state index in [4.69, 9.17) is 10.5 Å². The first-order valence-electron chi connectivity index (χ1n) is 15.5. The zero-order chi connectivity index (χ0) is 32.5. The molecule has 1 saturated carbocycles. The average molecular weight is 576 g/mol. The SMILES string of the molecule is C=C/C=C(\C(C)=C(C)C)N(CCC)CCC.CC.CC.CCOC(=O)/C(N)=C1\CCC(=O)C1=NCC(=O)C(C)CC. The maximum atomic E-state index is 11.8. The number of nitrogens with zero attached hydrogens (tertiary/aromatic N) is 2. The normalized spacial score (nSPS) is 15.2. The van der Waals surface area contributed by atoms with Crippen molar-refractivity contribution in [3.8, 4) is 0 Å². The lowest BCUT2D eigenvalue weighted by Gasteiger charge is -2.28. The van der Waals surface area contributed by atoms with Crippen molar-refractivity contribution in [2.75, 3.05) is 26.2 Å². The Balaban J connectivity index is -0.000000646. The van der Waals surface area contributed by atoms with Crippen LogP contribution in [0.4, 0.5) is 0 Å². The van der Waals surface area contributed by atoms with Gasteiger partial charge in [-0.15, -0.1) is 0 Å². The standard InChI is InChI=1S/C15H22N2O4.C15H27N.2C2H6/c1-4-9(3)12(19)8-17-14-10(6-7-11(14)18)13(16)15(20)21-5-2;1-7-10-15(14(6)13(4)5)16(11-8-2)12-9-3;2*1-2/h9H,4-8,16H2,1-3H3;7,10H,1,8-9,11-12H2,2-6H3;2*1-2H3/b13-10-,17-14?;15-10+;;. The lowest BCUT2D eigenvalue weighted by atomic mass is 10.0. The van der Waals surface area contributed by atoms with Crippen LogP contribution in [0, 0.1) is 5.92 Å². The minimum atomic E-state index is -0.650. The maximum Gasteiger partial charge on any atom is 0.354 e. The second-order valence-corrected chi connectivity index (χ2v) is 9.38. The summed E-state index contributed by atoms with van der Waals surface area (Å²) in [4.78, 5) is 41.8. The topological polar surface area (TPSA) is 102 Å². The zero-order valence-electron chi connectivity index (χ0n) is 28.4. The van der Waals surface area contributed by atoms with Crippen LogP contribution in [0.3, 0.4) is 0 Å². The summed E-state index contributed by atoms with van der Waals surface area (Å²) in [5.74, 6) is -0.961. The van der Waals surface area contributed by atoms with Crippen LogP contribution in [0.5, 0.6) is 0 Å². The molecular formula is C34H61N3O4. The molecule has 0 saturated heterocycles. The number of carbonyl (C=O) groups is 3. The summed E-state index contributed by atoms with van der Waals surface area (Å²) in [5.41, 5.74) is 10.3. The van der Waals surface area contributed by atoms with Crippen LogP contribution >= 0.6 is 0 Å². The second kappa shape index (κ2) is 26.0. The van der Waals surface area contributed by atoms with E-state index in [1.807, 2.05) is 47.6 Å². The lowest BCUT2D eigenvalue weighted by Crippen LogP contribution is -2.25. The van der Waals surface area contributed by atoms with Crippen molar-refractivity contribution in [3.63, 3.8) is 0 Å². The minimum Gasteiger partial charge on any atom is -0.461 e. The van der Waals surface area contributed by atoms with Gasteiger partial charge in [-0.1, -0.05) is 73.6 Å². The molecule has 1 atom stereocenters. The zero-order valence-corrected chi connectivity index (χ0v) is 28.4. The molecule has 1 fully saturated rings. The third kappa shape index (κ3) is 16.2. The van der Waals surface area contributed by atoms with Gasteiger partial charge < -0.3 is 15.4 Å². The van der Waals surface area contributed by atoms with E-state index in [-0.39, 0.29) is 48.5 Å². The van der Waals surface area contributed by atoms with Gasteiger partial charge in [0.1, 0.15) is 11.4 Å². The van der Waals surface area contributed by atoms with Crippen LogP contribution in [-0.4, -0.2) is 54.4 Å².